The molecule has 3 aromatic rings. The molecule has 1 atom stereocenters. The van der Waals surface area contributed by atoms with Gasteiger partial charge in [-0.3, -0.25) is 4.90 Å². The van der Waals surface area contributed by atoms with Crippen LogP contribution in [0.15, 0.2) is 72.9 Å². The molecule has 3 nitrogen and oxygen atoms in total. The molecule has 3 heteroatoms. The lowest BCUT2D eigenvalue weighted by Crippen LogP contribution is -2.33. The molecule has 0 fully saturated rings. The second-order valence-electron chi connectivity index (χ2n) is 7.76. The third-order valence-electron chi connectivity index (χ3n) is 5.11. The van der Waals surface area contributed by atoms with Crippen molar-refractivity contribution >= 4 is 0 Å². The Labute approximate surface area is 162 Å². The van der Waals surface area contributed by atoms with Crippen LogP contribution in [-0.2, 0) is 6.54 Å². The van der Waals surface area contributed by atoms with Crippen molar-refractivity contribution in [2.75, 3.05) is 13.1 Å². The molecule has 27 heavy (non-hydrogen) atoms. The number of benzene rings is 2. The molecule has 0 amide bonds. The van der Waals surface area contributed by atoms with Crippen LogP contribution in [0.4, 0.5) is 0 Å². The summed E-state index contributed by atoms with van der Waals surface area (Å²) in [5, 5.41) is 0. The van der Waals surface area contributed by atoms with Gasteiger partial charge in [-0.05, 0) is 54.3 Å². The largest absolute Gasteiger partial charge is 0.457 e. The number of rotatable bonds is 5. The van der Waals surface area contributed by atoms with Crippen LogP contribution in [0.5, 0.6) is 11.5 Å². The van der Waals surface area contributed by atoms with Crippen molar-refractivity contribution in [1.82, 2.24) is 9.47 Å². The number of fused-ring (bicyclic) bond motifs is 1. The number of aromatic nitrogens is 1. The summed E-state index contributed by atoms with van der Waals surface area (Å²) in [6, 6.07) is 23.3. The standard InChI is InChI=1S/C24H28N2O/c1-19(2)18-26-16-8-15-25-14-7-13-23(25)24(26)20-9-6-12-22(17-20)27-21-10-4-3-5-11-21/h3-7,9-14,17,19,24H,8,15-16,18H2,1-2H3. The summed E-state index contributed by atoms with van der Waals surface area (Å²) >= 11 is 0. The quantitative estimate of drug-likeness (QED) is 0.578. The summed E-state index contributed by atoms with van der Waals surface area (Å²) in [6.45, 7) is 7.91. The van der Waals surface area contributed by atoms with Gasteiger partial charge in [-0.25, -0.2) is 0 Å². The molecule has 0 bridgehead atoms. The van der Waals surface area contributed by atoms with Crippen LogP contribution >= 0.6 is 0 Å². The molecular weight excluding hydrogens is 332 g/mol. The number of nitrogens with zero attached hydrogens (tertiary/aromatic N) is 2. The Balaban J connectivity index is 1.69. The molecule has 0 spiro atoms. The summed E-state index contributed by atoms with van der Waals surface area (Å²) < 4.78 is 8.51. The summed E-state index contributed by atoms with van der Waals surface area (Å²) in [4.78, 5) is 2.63. The molecule has 4 rings (SSSR count). The lowest BCUT2D eigenvalue weighted by molar-refractivity contribution is 0.204. The molecule has 1 unspecified atom stereocenters. The zero-order valence-corrected chi connectivity index (χ0v) is 16.2. The Bertz CT molecular complexity index is 869. The topological polar surface area (TPSA) is 17.4 Å². The highest BCUT2D eigenvalue weighted by Gasteiger charge is 2.27. The number of ether oxygens (including phenoxy) is 1. The molecule has 0 aliphatic carbocycles. The zero-order chi connectivity index (χ0) is 18.6. The lowest BCUT2D eigenvalue weighted by Gasteiger charge is -2.32. The smallest absolute Gasteiger partial charge is 0.127 e. The number of hydrogen-bond donors (Lipinski definition) is 0. The van der Waals surface area contributed by atoms with Crippen LogP contribution in [0.25, 0.3) is 0 Å². The van der Waals surface area contributed by atoms with Gasteiger partial charge in [-0.15, -0.1) is 0 Å². The van der Waals surface area contributed by atoms with Gasteiger partial charge < -0.3 is 9.30 Å². The van der Waals surface area contributed by atoms with Gasteiger partial charge in [0.15, 0.2) is 0 Å². The van der Waals surface area contributed by atoms with E-state index in [0.717, 1.165) is 31.1 Å². The second kappa shape index (κ2) is 8.01. The van der Waals surface area contributed by atoms with E-state index in [1.165, 1.54) is 17.7 Å². The third-order valence-corrected chi connectivity index (χ3v) is 5.11. The SMILES string of the molecule is CC(C)CN1CCCn2cccc2C1c1cccc(Oc2ccccc2)c1. The molecule has 0 saturated carbocycles. The Morgan fingerprint density at radius 1 is 0.926 bits per heavy atom. The van der Waals surface area contributed by atoms with E-state index < -0.39 is 0 Å². The molecule has 2 aromatic carbocycles. The Kier molecular flexibility index (Phi) is 5.30. The minimum atomic E-state index is 0.268. The third kappa shape index (κ3) is 4.09. The molecule has 1 aliphatic rings. The number of hydrogen-bond acceptors (Lipinski definition) is 2. The van der Waals surface area contributed by atoms with E-state index in [1.54, 1.807) is 0 Å². The van der Waals surface area contributed by atoms with Gasteiger partial charge >= 0.3 is 0 Å². The van der Waals surface area contributed by atoms with Crippen molar-refractivity contribution in [2.45, 2.75) is 32.9 Å². The summed E-state index contributed by atoms with van der Waals surface area (Å²) in [6.07, 6.45) is 3.40. The average Bonchev–Trinajstić information content (AvgIpc) is 3.04. The van der Waals surface area contributed by atoms with Gasteiger partial charge in [0, 0.05) is 31.5 Å². The Hall–Kier alpha value is -2.52. The van der Waals surface area contributed by atoms with Crippen molar-refractivity contribution in [3.63, 3.8) is 0 Å². The first-order valence-electron chi connectivity index (χ1n) is 9.92. The van der Waals surface area contributed by atoms with Crippen molar-refractivity contribution < 1.29 is 4.74 Å². The van der Waals surface area contributed by atoms with Gasteiger partial charge in [-0.2, -0.15) is 0 Å². The van der Waals surface area contributed by atoms with Crippen molar-refractivity contribution in [2.24, 2.45) is 5.92 Å². The molecule has 1 aromatic heterocycles. The normalized spacial score (nSPS) is 17.5. The Morgan fingerprint density at radius 2 is 1.74 bits per heavy atom. The van der Waals surface area contributed by atoms with E-state index in [-0.39, 0.29) is 6.04 Å². The fraction of sp³-hybridized carbons (Fsp3) is 0.333. The predicted molar refractivity (Wildman–Crippen MR) is 110 cm³/mol. The van der Waals surface area contributed by atoms with Crippen molar-refractivity contribution in [1.29, 1.82) is 0 Å². The first-order valence-corrected chi connectivity index (χ1v) is 9.92. The predicted octanol–water partition coefficient (Wildman–Crippen LogP) is 5.73. The monoisotopic (exact) mass is 360 g/mol. The summed E-state index contributed by atoms with van der Waals surface area (Å²) in [5.41, 5.74) is 2.68. The maximum Gasteiger partial charge on any atom is 0.127 e. The second-order valence-corrected chi connectivity index (χ2v) is 7.76. The fourth-order valence-corrected chi connectivity index (χ4v) is 4.06. The van der Waals surface area contributed by atoms with Crippen LogP contribution in [0.1, 0.15) is 37.6 Å². The van der Waals surface area contributed by atoms with Gasteiger partial charge in [0.25, 0.3) is 0 Å². The molecular formula is C24H28N2O. The Morgan fingerprint density at radius 3 is 2.56 bits per heavy atom. The van der Waals surface area contributed by atoms with Crippen LogP contribution in [0.2, 0.25) is 0 Å². The van der Waals surface area contributed by atoms with Gasteiger partial charge in [0.05, 0.1) is 6.04 Å². The first-order chi connectivity index (χ1) is 13.2. The summed E-state index contributed by atoms with van der Waals surface area (Å²) in [7, 11) is 0. The van der Waals surface area contributed by atoms with E-state index in [1.807, 2.05) is 36.4 Å². The van der Waals surface area contributed by atoms with E-state index in [9.17, 15) is 0 Å². The average molecular weight is 361 g/mol. The molecule has 0 saturated heterocycles. The van der Waals surface area contributed by atoms with Crippen molar-refractivity contribution in [3.05, 3.63) is 84.2 Å². The van der Waals surface area contributed by atoms with Crippen LogP contribution in [-0.4, -0.2) is 22.6 Å². The van der Waals surface area contributed by atoms with E-state index in [4.69, 9.17) is 4.74 Å². The van der Waals surface area contributed by atoms with Crippen LogP contribution in [0, 0.1) is 5.92 Å². The van der Waals surface area contributed by atoms with E-state index in [0.29, 0.717) is 5.92 Å². The fourth-order valence-electron chi connectivity index (χ4n) is 4.06. The maximum absolute atomic E-state index is 6.10. The van der Waals surface area contributed by atoms with Crippen molar-refractivity contribution in [3.8, 4) is 11.5 Å². The molecule has 0 N–H and O–H groups in total. The minimum Gasteiger partial charge on any atom is -0.457 e. The highest BCUT2D eigenvalue weighted by Crippen LogP contribution is 2.34. The highest BCUT2D eigenvalue weighted by molar-refractivity contribution is 5.38. The maximum atomic E-state index is 6.10. The molecule has 2 heterocycles. The zero-order valence-electron chi connectivity index (χ0n) is 16.2. The number of aryl methyl sites for hydroxylation is 1. The molecule has 0 radical (unpaired) electrons. The molecule has 1 aliphatic heterocycles. The van der Waals surface area contributed by atoms with Crippen LogP contribution < -0.4 is 4.74 Å². The summed E-state index contributed by atoms with van der Waals surface area (Å²) in [5.74, 6) is 2.40. The van der Waals surface area contributed by atoms with Crippen LogP contribution in [0.3, 0.4) is 0 Å². The van der Waals surface area contributed by atoms with E-state index in [2.05, 4.69) is 59.8 Å². The minimum absolute atomic E-state index is 0.268. The van der Waals surface area contributed by atoms with Gasteiger partial charge in [-0.1, -0.05) is 44.2 Å². The van der Waals surface area contributed by atoms with Gasteiger partial charge in [0.1, 0.15) is 11.5 Å². The number of para-hydroxylation sites is 1. The molecule has 140 valence electrons. The van der Waals surface area contributed by atoms with E-state index >= 15 is 0 Å². The lowest BCUT2D eigenvalue weighted by atomic mass is 10.0. The highest BCUT2D eigenvalue weighted by atomic mass is 16.5. The van der Waals surface area contributed by atoms with Gasteiger partial charge in [0.2, 0.25) is 0 Å². The first kappa shape index (κ1) is 17.9.